The minimum atomic E-state index is -0.782. The van der Waals surface area contributed by atoms with Crippen molar-refractivity contribution in [3.8, 4) is 11.5 Å². The number of rotatable bonds is 10. The van der Waals surface area contributed by atoms with Crippen molar-refractivity contribution in [1.29, 1.82) is 0 Å². The SMILES string of the molecule is CCOc1cc(C2/C(=C(\O)c3ccc4ccccc4c3)C(=O)C(=O)N2CCCOC(C)C)ccc1OC. The van der Waals surface area contributed by atoms with Gasteiger partial charge in [-0.05, 0) is 61.7 Å². The van der Waals surface area contributed by atoms with Gasteiger partial charge < -0.3 is 24.2 Å². The van der Waals surface area contributed by atoms with E-state index in [9.17, 15) is 14.7 Å². The van der Waals surface area contributed by atoms with E-state index in [-0.39, 0.29) is 17.4 Å². The molecule has 0 aliphatic carbocycles. The molecule has 4 rings (SSSR count). The van der Waals surface area contributed by atoms with E-state index >= 15 is 0 Å². The molecule has 3 aromatic rings. The smallest absolute Gasteiger partial charge is 0.295 e. The monoisotopic (exact) mass is 503 g/mol. The number of Topliss-reactive ketones (excluding diaryl/α,β-unsaturated/α-hetero) is 1. The van der Waals surface area contributed by atoms with Crippen LogP contribution in [-0.2, 0) is 14.3 Å². The van der Waals surface area contributed by atoms with E-state index in [0.29, 0.717) is 48.8 Å². The maximum atomic E-state index is 13.4. The fourth-order valence-electron chi connectivity index (χ4n) is 4.63. The van der Waals surface area contributed by atoms with Gasteiger partial charge in [-0.25, -0.2) is 0 Å². The molecule has 1 N–H and O–H groups in total. The Kier molecular flexibility index (Phi) is 8.14. The summed E-state index contributed by atoms with van der Waals surface area (Å²) in [4.78, 5) is 28.1. The summed E-state index contributed by atoms with van der Waals surface area (Å²) in [5.74, 6) is -0.520. The normalized spacial score (nSPS) is 17.1. The molecule has 1 fully saturated rings. The van der Waals surface area contributed by atoms with Crippen LogP contribution in [0.2, 0.25) is 0 Å². The van der Waals surface area contributed by atoms with Crippen LogP contribution in [0, 0.1) is 0 Å². The summed E-state index contributed by atoms with van der Waals surface area (Å²) in [5.41, 5.74) is 1.18. The molecule has 7 nitrogen and oxygen atoms in total. The van der Waals surface area contributed by atoms with E-state index in [1.807, 2.05) is 57.2 Å². The zero-order valence-electron chi connectivity index (χ0n) is 21.7. The summed E-state index contributed by atoms with van der Waals surface area (Å²) >= 11 is 0. The molecule has 1 heterocycles. The van der Waals surface area contributed by atoms with Crippen LogP contribution in [0.25, 0.3) is 16.5 Å². The van der Waals surface area contributed by atoms with Crippen LogP contribution in [0.3, 0.4) is 0 Å². The molecular formula is C30H33NO6. The van der Waals surface area contributed by atoms with Crippen molar-refractivity contribution in [3.05, 3.63) is 77.4 Å². The van der Waals surface area contributed by atoms with Crippen molar-refractivity contribution in [2.24, 2.45) is 0 Å². The Hall–Kier alpha value is -3.84. The van der Waals surface area contributed by atoms with Gasteiger partial charge in [-0.1, -0.05) is 42.5 Å². The van der Waals surface area contributed by atoms with Crippen molar-refractivity contribution < 1.29 is 28.9 Å². The Morgan fingerprint density at radius 1 is 1.00 bits per heavy atom. The number of aliphatic hydroxyl groups excluding tert-OH is 1. The van der Waals surface area contributed by atoms with E-state index in [1.54, 1.807) is 31.4 Å². The van der Waals surface area contributed by atoms with Crippen LogP contribution in [0.5, 0.6) is 11.5 Å². The number of carbonyl (C=O) groups is 2. The lowest BCUT2D eigenvalue weighted by Gasteiger charge is -2.26. The van der Waals surface area contributed by atoms with Gasteiger partial charge >= 0.3 is 0 Å². The Morgan fingerprint density at radius 2 is 1.76 bits per heavy atom. The van der Waals surface area contributed by atoms with Crippen molar-refractivity contribution in [2.75, 3.05) is 26.9 Å². The maximum Gasteiger partial charge on any atom is 0.295 e. The number of fused-ring (bicyclic) bond motifs is 1. The van der Waals surface area contributed by atoms with Gasteiger partial charge in [0.2, 0.25) is 0 Å². The molecule has 194 valence electrons. The van der Waals surface area contributed by atoms with Gasteiger partial charge in [-0.15, -0.1) is 0 Å². The van der Waals surface area contributed by atoms with Crippen LogP contribution < -0.4 is 9.47 Å². The number of carbonyl (C=O) groups excluding carboxylic acids is 2. The molecule has 1 aliphatic heterocycles. The van der Waals surface area contributed by atoms with Crippen molar-refractivity contribution >= 4 is 28.2 Å². The molecule has 1 amide bonds. The molecule has 1 aliphatic rings. The first kappa shape index (κ1) is 26.2. The van der Waals surface area contributed by atoms with Gasteiger partial charge in [-0.3, -0.25) is 9.59 Å². The first-order chi connectivity index (χ1) is 17.8. The highest BCUT2D eigenvalue weighted by Crippen LogP contribution is 2.42. The zero-order valence-corrected chi connectivity index (χ0v) is 21.7. The number of hydrogen-bond donors (Lipinski definition) is 1. The van der Waals surface area contributed by atoms with E-state index in [1.165, 1.54) is 4.90 Å². The lowest BCUT2D eigenvalue weighted by Crippen LogP contribution is -2.31. The number of ketones is 1. The van der Waals surface area contributed by atoms with Crippen LogP contribution in [0.15, 0.2) is 66.2 Å². The van der Waals surface area contributed by atoms with Crippen LogP contribution in [0.1, 0.15) is 44.4 Å². The van der Waals surface area contributed by atoms with E-state index in [4.69, 9.17) is 14.2 Å². The molecule has 1 unspecified atom stereocenters. The maximum absolute atomic E-state index is 13.4. The quantitative estimate of drug-likeness (QED) is 0.171. The van der Waals surface area contributed by atoms with Crippen LogP contribution in [-0.4, -0.2) is 54.7 Å². The minimum Gasteiger partial charge on any atom is -0.507 e. The van der Waals surface area contributed by atoms with Gasteiger partial charge in [0.15, 0.2) is 11.5 Å². The Bertz CT molecular complexity index is 1330. The highest BCUT2D eigenvalue weighted by molar-refractivity contribution is 6.46. The largest absolute Gasteiger partial charge is 0.507 e. The Morgan fingerprint density at radius 3 is 2.46 bits per heavy atom. The number of amides is 1. The Labute approximate surface area is 217 Å². The van der Waals surface area contributed by atoms with Crippen molar-refractivity contribution in [2.45, 2.75) is 39.3 Å². The lowest BCUT2D eigenvalue weighted by molar-refractivity contribution is -0.140. The molecule has 0 spiro atoms. The minimum absolute atomic E-state index is 0.0534. The zero-order chi connectivity index (χ0) is 26.5. The van der Waals surface area contributed by atoms with Crippen molar-refractivity contribution in [3.63, 3.8) is 0 Å². The predicted octanol–water partition coefficient (Wildman–Crippen LogP) is 5.48. The average molecular weight is 504 g/mol. The molecule has 0 bridgehead atoms. The average Bonchev–Trinajstić information content (AvgIpc) is 3.15. The van der Waals surface area contributed by atoms with Gasteiger partial charge in [0.25, 0.3) is 11.7 Å². The summed E-state index contributed by atoms with van der Waals surface area (Å²) in [6.45, 7) is 6.93. The second-order valence-electron chi connectivity index (χ2n) is 9.17. The molecule has 1 atom stereocenters. The van der Waals surface area contributed by atoms with Gasteiger partial charge in [0, 0.05) is 18.7 Å². The molecule has 0 radical (unpaired) electrons. The number of aliphatic hydroxyl groups is 1. The molecule has 0 saturated carbocycles. The van der Waals surface area contributed by atoms with Crippen molar-refractivity contribution in [1.82, 2.24) is 4.90 Å². The summed E-state index contributed by atoms with van der Waals surface area (Å²) in [6.07, 6.45) is 0.612. The predicted molar refractivity (Wildman–Crippen MR) is 143 cm³/mol. The fourth-order valence-corrected chi connectivity index (χ4v) is 4.63. The van der Waals surface area contributed by atoms with Gasteiger partial charge in [-0.2, -0.15) is 0 Å². The second kappa shape index (κ2) is 11.5. The molecule has 7 heteroatoms. The fraction of sp³-hybridized carbons (Fsp3) is 0.333. The highest BCUT2D eigenvalue weighted by Gasteiger charge is 2.46. The van der Waals surface area contributed by atoms with Crippen LogP contribution in [0.4, 0.5) is 0 Å². The number of methoxy groups -OCH3 is 1. The number of ether oxygens (including phenoxy) is 3. The molecule has 3 aromatic carbocycles. The summed E-state index contributed by atoms with van der Waals surface area (Å²) < 4.78 is 16.8. The van der Waals surface area contributed by atoms with Crippen LogP contribution >= 0.6 is 0 Å². The molecule has 0 aromatic heterocycles. The standard InChI is InChI=1S/C30H33NO6/c1-5-36-25-18-22(13-14-24(25)35-4)27-26(29(33)30(34)31(27)15-8-16-37-19(2)3)28(32)23-12-11-20-9-6-7-10-21(20)17-23/h6-7,9-14,17-19,27,32H,5,8,15-16H2,1-4H3/b28-26+. The third-order valence-corrected chi connectivity index (χ3v) is 6.36. The first-order valence-corrected chi connectivity index (χ1v) is 12.6. The first-order valence-electron chi connectivity index (χ1n) is 12.6. The molecule has 37 heavy (non-hydrogen) atoms. The van der Waals surface area contributed by atoms with Gasteiger partial charge in [0.05, 0.1) is 31.4 Å². The third kappa shape index (κ3) is 5.47. The van der Waals surface area contributed by atoms with E-state index in [0.717, 1.165) is 10.8 Å². The number of benzene rings is 3. The number of hydrogen-bond acceptors (Lipinski definition) is 6. The lowest BCUT2D eigenvalue weighted by atomic mass is 9.94. The summed E-state index contributed by atoms with van der Waals surface area (Å²) in [7, 11) is 1.55. The summed E-state index contributed by atoms with van der Waals surface area (Å²) in [5, 5.41) is 13.4. The third-order valence-electron chi connectivity index (χ3n) is 6.36. The highest BCUT2D eigenvalue weighted by atomic mass is 16.5. The summed E-state index contributed by atoms with van der Waals surface area (Å²) in [6, 6.07) is 17.8. The van der Waals surface area contributed by atoms with Gasteiger partial charge in [0.1, 0.15) is 5.76 Å². The molecule has 1 saturated heterocycles. The number of likely N-dealkylation sites (tertiary alicyclic amines) is 1. The number of nitrogens with zero attached hydrogens (tertiary/aromatic N) is 1. The topological polar surface area (TPSA) is 85.3 Å². The van der Waals surface area contributed by atoms with E-state index in [2.05, 4.69) is 0 Å². The van der Waals surface area contributed by atoms with E-state index < -0.39 is 17.7 Å². The molecular weight excluding hydrogens is 470 g/mol. The second-order valence-corrected chi connectivity index (χ2v) is 9.17. The Balaban J connectivity index is 1.82.